The molecule has 0 unspecified atom stereocenters. The van der Waals surface area contributed by atoms with Gasteiger partial charge in [-0.15, -0.1) is 0 Å². The third-order valence-electron chi connectivity index (χ3n) is 10.7. The highest BCUT2D eigenvalue weighted by Crippen LogP contribution is 2.42. The fraction of sp³-hybridized carbons (Fsp3) is 0.0833. The van der Waals surface area contributed by atoms with Crippen molar-refractivity contribution in [1.29, 1.82) is 0 Å². The lowest BCUT2D eigenvalue weighted by Crippen LogP contribution is -2.10. The van der Waals surface area contributed by atoms with Gasteiger partial charge in [0.15, 0.2) is 0 Å². The van der Waals surface area contributed by atoms with Crippen molar-refractivity contribution in [3.63, 3.8) is 0 Å². The quantitative estimate of drug-likeness (QED) is 0.175. The second kappa shape index (κ2) is 9.89. The summed E-state index contributed by atoms with van der Waals surface area (Å²) in [5.74, 6) is 0. The van der Waals surface area contributed by atoms with Gasteiger partial charge in [0, 0.05) is 0 Å². The molecule has 0 N–H and O–H groups in total. The molecule has 0 amide bonds. The van der Waals surface area contributed by atoms with Gasteiger partial charge < -0.3 is 0 Å². The summed E-state index contributed by atoms with van der Waals surface area (Å²) in [5, 5.41) is 16.0. The molecule has 10 aromatic rings. The molecule has 0 aromatic heterocycles. The van der Waals surface area contributed by atoms with Gasteiger partial charge in [0.05, 0.1) is 0 Å². The Bertz CT molecular complexity index is 2790. The summed E-state index contributed by atoms with van der Waals surface area (Å²) in [4.78, 5) is 0. The molecule has 0 heteroatoms. The first-order valence-corrected chi connectivity index (χ1v) is 17.0. The van der Waals surface area contributed by atoms with Gasteiger partial charge in [-0.2, -0.15) is 0 Å². The highest BCUT2D eigenvalue weighted by Gasteiger charge is 2.18. The van der Waals surface area contributed by atoms with Crippen LogP contribution < -0.4 is 0 Å². The number of rotatable bonds is 3. The zero-order chi connectivity index (χ0) is 32.1. The molecule has 0 atom stereocenters. The van der Waals surface area contributed by atoms with Gasteiger partial charge in [-0.1, -0.05) is 172 Å². The zero-order valence-electron chi connectivity index (χ0n) is 27.4. The Hall–Kier alpha value is -5.72. The molecule has 0 nitrogen and oxygen atoms in total. The molecule has 0 radical (unpaired) electrons. The summed E-state index contributed by atoms with van der Waals surface area (Å²) in [6, 6.07) is 57.0. The van der Waals surface area contributed by atoms with Crippen molar-refractivity contribution >= 4 is 64.6 Å². The van der Waals surface area contributed by atoms with Crippen LogP contribution in [0, 0.1) is 0 Å². The molecule has 0 saturated heterocycles. The SMILES string of the molecule is CC(C)(C)c1cc2ccc3ccc(-c4ccc(-c5ccc(-c6ccc7ccc8cccc9ccc6c7c89)cc5)cc4)c4ccc(c1)c2c34. The van der Waals surface area contributed by atoms with Crippen LogP contribution in [0.25, 0.3) is 98.0 Å². The van der Waals surface area contributed by atoms with Crippen LogP contribution >= 0.6 is 0 Å². The second-order valence-electron chi connectivity index (χ2n) is 14.6. The van der Waals surface area contributed by atoms with Gasteiger partial charge in [-0.05, 0) is 109 Å². The summed E-state index contributed by atoms with van der Waals surface area (Å²) >= 11 is 0. The predicted molar refractivity (Wildman–Crippen MR) is 209 cm³/mol. The van der Waals surface area contributed by atoms with Crippen molar-refractivity contribution in [3.8, 4) is 33.4 Å². The van der Waals surface area contributed by atoms with Crippen LogP contribution in [0.4, 0.5) is 0 Å². The molecule has 0 heterocycles. The van der Waals surface area contributed by atoms with Crippen LogP contribution in [0.2, 0.25) is 0 Å². The topological polar surface area (TPSA) is 0 Å². The summed E-state index contributed by atoms with van der Waals surface area (Å²) < 4.78 is 0. The molecule has 48 heavy (non-hydrogen) atoms. The molecule has 0 bridgehead atoms. The Morgan fingerprint density at radius 3 is 1.15 bits per heavy atom. The van der Waals surface area contributed by atoms with E-state index in [1.807, 2.05) is 0 Å². The molecule has 0 fully saturated rings. The van der Waals surface area contributed by atoms with Crippen LogP contribution in [-0.2, 0) is 5.41 Å². The molecule has 0 aliphatic heterocycles. The van der Waals surface area contributed by atoms with Crippen molar-refractivity contribution < 1.29 is 0 Å². The van der Waals surface area contributed by atoms with E-state index < -0.39 is 0 Å². The highest BCUT2D eigenvalue weighted by atomic mass is 14.2. The van der Waals surface area contributed by atoms with Gasteiger partial charge in [-0.3, -0.25) is 0 Å². The number of hydrogen-bond acceptors (Lipinski definition) is 0. The van der Waals surface area contributed by atoms with Crippen LogP contribution in [0.1, 0.15) is 26.3 Å². The first-order valence-electron chi connectivity index (χ1n) is 17.0. The lowest BCUT2D eigenvalue weighted by Gasteiger charge is -2.22. The summed E-state index contributed by atoms with van der Waals surface area (Å²) in [6.45, 7) is 6.89. The molecule has 10 rings (SSSR count). The Kier molecular flexibility index (Phi) is 5.65. The Morgan fingerprint density at radius 1 is 0.312 bits per heavy atom. The summed E-state index contributed by atoms with van der Waals surface area (Å²) in [7, 11) is 0. The van der Waals surface area contributed by atoms with E-state index in [-0.39, 0.29) is 5.41 Å². The smallest absolute Gasteiger partial charge is 0.00206 e. The van der Waals surface area contributed by atoms with Crippen LogP contribution in [0.15, 0.2) is 152 Å². The molecule has 0 saturated carbocycles. The fourth-order valence-electron chi connectivity index (χ4n) is 8.18. The maximum Gasteiger partial charge on any atom is -0.00206 e. The lowest BCUT2D eigenvalue weighted by atomic mass is 9.82. The molecule has 10 aromatic carbocycles. The van der Waals surface area contributed by atoms with Gasteiger partial charge >= 0.3 is 0 Å². The van der Waals surface area contributed by atoms with E-state index in [2.05, 4.69) is 172 Å². The van der Waals surface area contributed by atoms with Gasteiger partial charge in [0.1, 0.15) is 0 Å². The Balaban J connectivity index is 1.02. The van der Waals surface area contributed by atoms with E-state index in [9.17, 15) is 0 Å². The van der Waals surface area contributed by atoms with Gasteiger partial charge in [0.2, 0.25) is 0 Å². The number of benzene rings is 10. The molecule has 226 valence electrons. The van der Waals surface area contributed by atoms with E-state index in [0.29, 0.717) is 0 Å². The number of hydrogen-bond donors (Lipinski definition) is 0. The van der Waals surface area contributed by atoms with E-state index in [1.165, 1.54) is 104 Å². The van der Waals surface area contributed by atoms with Crippen LogP contribution in [-0.4, -0.2) is 0 Å². The Labute approximate surface area is 280 Å². The van der Waals surface area contributed by atoms with Crippen molar-refractivity contribution in [1.82, 2.24) is 0 Å². The molecule has 0 spiro atoms. The van der Waals surface area contributed by atoms with Crippen molar-refractivity contribution in [2.75, 3.05) is 0 Å². The fourth-order valence-corrected chi connectivity index (χ4v) is 8.18. The summed E-state index contributed by atoms with van der Waals surface area (Å²) in [6.07, 6.45) is 0. The van der Waals surface area contributed by atoms with Gasteiger partial charge in [-0.25, -0.2) is 0 Å². The average Bonchev–Trinajstić information content (AvgIpc) is 3.12. The molecular weight excluding hydrogens is 577 g/mol. The molecular formula is C48H34. The van der Waals surface area contributed by atoms with Gasteiger partial charge in [0.25, 0.3) is 0 Å². The lowest BCUT2D eigenvalue weighted by molar-refractivity contribution is 0.591. The monoisotopic (exact) mass is 610 g/mol. The Morgan fingerprint density at radius 2 is 0.667 bits per heavy atom. The van der Waals surface area contributed by atoms with Crippen molar-refractivity contribution in [2.45, 2.75) is 26.2 Å². The zero-order valence-corrected chi connectivity index (χ0v) is 27.4. The van der Waals surface area contributed by atoms with E-state index in [1.54, 1.807) is 0 Å². The largest absolute Gasteiger partial charge is 0.0610 e. The summed E-state index contributed by atoms with van der Waals surface area (Å²) in [5.41, 5.74) is 9.02. The maximum atomic E-state index is 2.39. The minimum atomic E-state index is 0.112. The molecule has 0 aliphatic carbocycles. The van der Waals surface area contributed by atoms with Crippen LogP contribution in [0.3, 0.4) is 0 Å². The van der Waals surface area contributed by atoms with E-state index in [0.717, 1.165) is 0 Å². The average molecular weight is 611 g/mol. The third-order valence-corrected chi connectivity index (χ3v) is 10.7. The second-order valence-corrected chi connectivity index (χ2v) is 14.6. The highest BCUT2D eigenvalue weighted by molar-refractivity contribution is 6.26. The van der Waals surface area contributed by atoms with Crippen LogP contribution in [0.5, 0.6) is 0 Å². The minimum absolute atomic E-state index is 0.112. The predicted octanol–water partition coefficient (Wildman–Crippen LogP) is 13.8. The third kappa shape index (κ3) is 4.02. The van der Waals surface area contributed by atoms with Crippen molar-refractivity contribution in [3.05, 3.63) is 157 Å². The normalized spacial score (nSPS) is 12.5. The maximum absolute atomic E-state index is 2.39. The van der Waals surface area contributed by atoms with E-state index in [4.69, 9.17) is 0 Å². The molecule has 0 aliphatic rings. The minimum Gasteiger partial charge on any atom is -0.0610 e. The standard InChI is InChI=1S/C48H34/c1-48(2,3)39-27-37-18-17-36-20-24-41(43-26-22-38(28-39)45(37)47(36)43)32-13-9-30(10-14-32)29-7-11-31(12-8-29)40-23-19-35-16-15-33-5-4-6-34-21-25-42(40)46(35)44(33)34/h4-28H,1-3H3. The van der Waals surface area contributed by atoms with Crippen molar-refractivity contribution in [2.24, 2.45) is 0 Å². The van der Waals surface area contributed by atoms with E-state index >= 15 is 0 Å². The first kappa shape index (κ1) is 27.4. The first-order chi connectivity index (χ1) is 23.4.